The molecule has 1 aromatic heterocycles. The van der Waals surface area contributed by atoms with Crippen molar-refractivity contribution in [3.05, 3.63) is 28.0 Å². The van der Waals surface area contributed by atoms with Crippen molar-refractivity contribution in [1.82, 2.24) is 0 Å². The molecule has 0 N–H and O–H groups in total. The van der Waals surface area contributed by atoms with Gasteiger partial charge in [0.1, 0.15) is 0 Å². The van der Waals surface area contributed by atoms with E-state index in [2.05, 4.69) is 0 Å². The van der Waals surface area contributed by atoms with Crippen molar-refractivity contribution in [2.75, 3.05) is 5.88 Å². The molecule has 4 nitrogen and oxygen atoms in total. The van der Waals surface area contributed by atoms with Crippen LogP contribution in [0.2, 0.25) is 0 Å². The molecular weight excluding hydrogens is 166 g/mol. The largest absolute Gasteiger partial charge is 0.458 e. The SMILES string of the molecule is Cc1ccoc1SC[N+](=O)[O-]. The van der Waals surface area contributed by atoms with Crippen LogP contribution in [-0.2, 0) is 0 Å². The van der Waals surface area contributed by atoms with E-state index in [4.69, 9.17) is 4.42 Å². The minimum absolute atomic E-state index is 0.144. The molecule has 0 spiro atoms. The predicted octanol–water partition coefficient (Wildman–Crippen LogP) is 1.91. The summed E-state index contributed by atoms with van der Waals surface area (Å²) < 4.78 is 4.97. The molecule has 1 rings (SSSR count). The molecule has 60 valence electrons. The van der Waals surface area contributed by atoms with Crippen LogP contribution in [0.4, 0.5) is 0 Å². The van der Waals surface area contributed by atoms with Crippen molar-refractivity contribution in [1.29, 1.82) is 0 Å². The highest BCUT2D eigenvalue weighted by Crippen LogP contribution is 2.22. The van der Waals surface area contributed by atoms with E-state index in [0.717, 1.165) is 17.3 Å². The number of aryl methyl sites for hydroxylation is 1. The average Bonchev–Trinajstić information content (AvgIpc) is 2.31. The average molecular weight is 173 g/mol. The molecule has 0 saturated carbocycles. The summed E-state index contributed by atoms with van der Waals surface area (Å²) in [7, 11) is 0. The Morgan fingerprint density at radius 1 is 1.82 bits per heavy atom. The molecular formula is C6H7NO3S. The fraction of sp³-hybridized carbons (Fsp3) is 0.333. The molecule has 0 saturated heterocycles. The zero-order valence-corrected chi connectivity index (χ0v) is 6.76. The van der Waals surface area contributed by atoms with Crippen molar-refractivity contribution < 1.29 is 9.34 Å². The van der Waals surface area contributed by atoms with Crippen molar-refractivity contribution in [3.63, 3.8) is 0 Å². The maximum Gasteiger partial charge on any atom is 0.256 e. The smallest absolute Gasteiger partial charge is 0.256 e. The third-order valence-electron chi connectivity index (χ3n) is 1.12. The van der Waals surface area contributed by atoms with Crippen LogP contribution in [0.25, 0.3) is 0 Å². The van der Waals surface area contributed by atoms with Gasteiger partial charge in [-0.2, -0.15) is 0 Å². The van der Waals surface area contributed by atoms with Gasteiger partial charge in [0, 0.05) is 10.5 Å². The minimum Gasteiger partial charge on any atom is -0.458 e. The van der Waals surface area contributed by atoms with Crippen LogP contribution < -0.4 is 0 Å². The lowest BCUT2D eigenvalue weighted by Gasteiger charge is -1.91. The van der Waals surface area contributed by atoms with E-state index < -0.39 is 0 Å². The summed E-state index contributed by atoms with van der Waals surface area (Å²) in [5, 5.41) is 10.6. The van der Waals surface area contributed by atoms with Gasteiger partial charge in [0.25, 0.3) is 5.88 Å². The van der Waals surface area contributed by atoms with E-state index in [1.165, 1.54) is 6.26 Å². The minimum atomic E-state index is -0.382. The van der Waals surface area contributed by atoms with Gasteiger partial charge in [0.15, 0.2) is 5.09 Å². The zero-order chi connectivity index (χ0) is 8.27. The summed E-state index contributed by atoms with van der Waals surface area (Å²) in [5.41, 5.74) is 0.942. The van der Waals surface area contributed by atoms with E-state index in [1.807, 2.05) is 6.92 Å². The number of furan rings is 1. The Kier molecular flexibility index (Phi) is 2.53. The topological polar surface area (TPSA) is 56.3 Å². The second kappa shape index (κ2) is 3.43. The molecule has 0 fully saturated rings. The highest BCUT2D eigenvalue weighted by Gasteiger charge is 2.05. The van der Waals surface area contributed by atoms with Gasteiger partial charge in [-0.25, -0.2) is 0 Å². The lowest BCUT2D eigenvalue weighted by Crippen LogP contribution is -1.94. The van der Waals surface area contributed by atoms with Gasteiger partial charge in [-0.05, 0) is 24.8 Å². The third-order valence-corrected chi connectivity index (χ3v) is 2.14. The molecule has 0 bridgehead atoms. The lowest BCUT2D eigenvalue weighted by atomic mass is 10.4. The van der Waals surface area contributed by atoms with Crippen LogP contribution in [-0.4, -0.2) is 10.8 Å². The van der Waals surface area contributed by atoms with Gasteiger partial charge in [0.05, 0.1) is 6.26 Å². The highest BCUT2D eigenvalue weighted by atomic mass is 32.2. The fourth-order valence-electron chi connectivity index (χ4n) is 0.618. The lowest BCUT2D eigenvalue weighted by molar-refractivity contribution is -0.456. The van der Waals surface area contributed by atoms with Crippen molar-refractivity contribution in [2.45, 2.75) is 12.0 Å². The number of rotatable bonds is 3. The molecule has 0 atom stereocenters. The molecule has 5 heteroatoms. The van der Waals surface area contributed by atoms with Gasteiger partial charge in [-0.3, -0.25) is 10.1 Å². The number of hydrogen-bond donors (Lipinski definition) is 0. The van der Waals surface area contributed by atoms with Crippen molar-refractivity contribution in [2.24, 2.45) is 0 Å². The number of thioether (sulfide) groups is 1. The Morgan fingerprint density at radius 2 is 2.55 bits per heavy atom. The number of nitrogens with zero attached hydrogens (tertiary/aromatic N) is 1. The third kappa shape index (κ3) is 2.27. The van der Waals surface area contributed by atoms with E-state index >= 15 is 0 Å². The van der Waals surface area contributed by atoms with Gasteiger partial charge >= 0.3 is 0 Å². The van der Waals surface area contributed by atoms with Crippen LogP contribution in [0.5, 0.6) is 0 Å². The number of hydrogen-bond acceptors (Lipinski definition) is 4. The van der Waals surface area contributed by atoms with Gasteiger partial charge in [-0.1, -0.05) is 0 Å². The Bertz CT molecular complexity index is 258. The van der Waals surface area contributed by atoms with Crippen LogP contribution in [0.15, 0.2) is 21.8 Å². The Hall–Kier alpha value is -0.970. The molecule has 0 aliphatic heterocycles. The first-order chi connectivity index (χ1) is 5.20. The van der Waals surface area contributed by atoms with Crippen LogP contribution in [0.3, 0.4) is 0 Å². The summed E-state index contributed by atoms with van der Waals surface area (Å²) in [5.74, 6) is -0.144. The predicted molar refractivity (Wildman–Crippen MR) is 41.2 cm³/mol. The molecule has 0 aromatic carbocycles. The summed E-state index contributed by atoms with van der Waals surface area (Å²) >= 11 is 1.10. The quantitative estimate of drug-likeness (QED) is 0.303. The second-order valence-electron chi connectivity index (χ2n) is 2.00. The molecule has 0 aliphatic carbocycles. The molecule has 0 unspecified atom stereocenters. The van der Waals surface area contributed by atoms with E-state index in [1.54, 1.807) is 6.07 Å². The normalized spacial score (nSPS) is 9.91. The second-order valence-corrected chi connectivity index (χ2v) is 2.91. The summed E-state index contributed by atoms with van der Waals surface area (Å²) in [6.07, 6.45) is 1.53. The molecule has 1 heterocycles. The monoisotopic (exact) mass is 173 g/mol. The van der Waals surface area contributed by atoms with E-state index in [0.29, 0.717) is 5.09 Å². The van der Waals surface area contributed by atoms with Crippen LogP contribution >= 0.6 is 11.8 Å². The molecule has 11 heavy (non-hydrogen) atoms. The standard InChI is InChI=1S/C6H7NO3S/c1-5-2-3-10-6(5)11-4-7(8)9/h2-3H,4H2,1H3. The maximum absolute atomic E-state index is 9.95. The Morgan fingerprint density at radius 3 is 3.00 bits per heavy atom. The van der Waals surface area contributed by atoms with Crippen LogP contribution in [0, 0.1) is 17.0 Å². The first kappa shape index (κ1) is 8.13. The maximum atomic E-state index is 9.95. The molecule has 0 amide bonds. The molecule has 1 aromatic rings. The van der Waals surface area contributed by atoms with Gasteiger partial charge < -0.3 is 4.42 Å². The van der Waals surface area contributed by atoms with Crippen LogP contribution in [0.1, 0.15) is 5.56 Å². The fourth-order valence-corrected chi connectivity index (χ4v) is 1.26. The zero-order valence-electron chi connectivity index (χ0n) is 5.94. The number of nitro groups is 1. The first-order valence-electron chi connectivity index (χ1n) is 2.99. The summed E-state index contributed by atoms with van der Waals surface area (Å²) in [6.45, 7) is 1.85. The van der Waals surface area contributed by atoms with Crippen molar-refractivity contribution >= 4 is 11.8 Å². The van der Waals surface area contributed by atoms with Crippen molar-refractivity contribution in [3.8, 4) is 0 Å². The van der Waals surface area contributed by atoms with Gasteiger partial charge in [-0.15, -0.1) is 0 Å². The van der Waals surface area contributed by atoms with E-state index in [9.17, 15) is 10.1 Å². The van der Waals surface area contributed by atoms with Gasteiger partial charge in [0.2, 0.25) is 0 Å². The Balaban J connectivity index is 2.51. The van der Waals surface area contributed by atoms with E-state index in [-0.39, 0.29) is 10.8 Å². The summed E-state index contributed by atoms with van der Waals surface area (Å²) in [4.78, 5) is 9.57. The summed E-state index contributed by atoms with van der Waals surface area (Å²) in [6, 6.07) is 1.78. The molecule has 0 aliphatic rings. The molecule has 0 radical (unpaired) electrons. The Labute approximate surface area is 67.7 Å². The highest BCUT2D eigenvalue weighted by molar-refractivity contribution is 7.99. The first-order valence-corrected chi connectivity index (χ1v) is 3.97.